The minimum Gasteiger partial charge on any atom is -0.366 e. The van der Waals surface area contributed by atoms with Crippen molar-refractivity contribution in [3.8, 4) is 0 Å². The molecule has 0 aliphatic heterocycles. The van der Waals surface area contributed by atoms with Crippen LogP contribution in [0.15, 0.2) is 10.7 Å². The highest BCUT2D eigenvalue weighted by Gasteiger charge is 2.31. The fraction of sp³-hybridized carbons (Fsp3) is 0.636. The van der Waals surface area contributed by atoms with E-state index in [9.17, 15) is 0 Å². The van der Waals surface area contributed by atoms with Gasteiger partial charge < -0.3 is 5.32 Å². The summed E-state index contributed by atoms with van der Waals surface area (Å²) in [5, 5.41) is 3.70. The molecule has 1 atom stereocenters. The van der Waals surface area contributed by atoms with E-state index in [1.54, 1.807) is 6.20 Å². The SMILES string of the molecule is CC1(C)CCC(Nc2nc(Cl)ncc2Br)C1. The maximum Gasteiger partial charge on any atom is 0.224 e. The van der Waals surface area contributed by atoms with Gasteiger partial charge in [0.25, 0.3) is 0 Å². The molecule has 16 heavy (non-hydrogen) atoms. The first-order chi connectivity index (χ1) is 7.46. The molecule has 3 nitrogen and oxygen atoms in total. The third-order valence-corrected chi connectivity index (χ3v) is 3.79. The Hall–Kier alpha value is -0.350. The van der Waals surface area contributed by atoms with Gasteiger partial charge in [-0.3, -0.25) is 0 Å². The van der Waals surface area contributed by atoms with E-state index in [-0.39, 0.29) is 5.28 Å². The van der Waals surface area contributed by atoms with Crippen molar-refractivity contribution in [2.24, 2.45) is 5.41 Å². The molecule has 0 saturated heterocycles. The van der Waals surface area contributed by atoms with E-state index in [0.717, 1.165) is 10.3 Å². The highest BCUT2D eigenvalue weighted by Crippen LogP contribution is 2.38. The molecule has 1 aromatic heterocycles. The lowest BCUT2D eigenvalue weighted by molar-refractivity contribution is 0.378. The summed E-state index contributed by atoms with van der Waals surface area (Å²) in [5.74, 6) is 0.794. The molecule has 1 aromatic rings. The van der Waals surface area contributed by atoms with E-state index < -0.39 is 0 Å². The van der Waals surface area contributed by atoms with Crippen LogP contribution in [-0.4, -0.2) is 16.0 Å². The van der Waals surface area contributed by atoms with Crippen LogP contribution in [0.5, 0.6) is 0 Å². The van der Waals surface area contributed by atoms with Crippen LogP contribution in [0.2, 0.25) is 5.28 Å². The zero-order valence-electron chi connectivity index (χ0n) is 9.43. The number of hydrogen-bond acceptors (Lipinski definition) is 3. The van der Waals surface area contributed by atoms with Gasteiger partial charge in [-0.05, 0) is 52.2 Å². The average molecular weight is 305 g/mol. The van der Waals surface area contributed by atoms with E-state index in [1.807, 2.05) is 0 Å². The number of rotatable bonds is 2. The molecule has 1 saturated carbocycles. The van der Waals surface area contributed by atoms with Gasteiger partial charge in [0.2, 0.25) is 5.28 Å². The first kappa shape index (κ1) is 12.1. The topological polar surface area (TPSA) is 37.8 Å². The monoisotopic (exact) mass is 303 g/mol. The summed E-state index contributed by atoms with van der Waals surface area (Å²) in [6, 6.07) is 0.484. The van der Waals surface area contributed by atoms with Crippen molar-refractivity contribution in [2.45, 2.75) is 39.2 Å². The molecular formula is C11H15BrClN3. The molecule has 1 aliphatic rings. The third-order valence-electron chi connectivity index (χ3n) is 3.02. The van der Waals surface area contributed by atoms with Crippen molar-refractivity contribution in [2.75, 3.05) is 5.32 Å². The van der Waals surface area contributed by atoms with Gasteiger partial charge in [0.15, 0.2) is 0 Å². The van der Waals surface area contributed by atoms with Crippen LogP contribution in [0, 0.1) is 5.41 Å². The molecule has 0 spiro atoms. The highest BCUT2D eigenvalue weighted by atomic mass is 79.9. The van der Waals surface area contributed by atoms with E-state index in [2.05, 4.69) is 45.1 Å². The van der Waals surface area contributed by atoms with E-state index in [4.69, 9.17) is 11.6 Å². The lowest BCUT2D eigenvalue weighted by atomic mass is 9.92. The summed E-state index contributed by atoms with van der Waals surface area (Å²) in [7, 11) is 0. The van der Waals surface area contributed by atoms with Crippen LogP contribution >= 0.6 is 27.5 Å². The molecule has 88 valence electrons. The fourth-order valence-corrected chi connectivity index (χ4v) is 2.64. The summed E-state index contributed by atoms with van der Waals surface area (Å²) in [6.45, 7) is 4.60. The Labute approximate surface area is 109 Å². The minimum atomic E-state index is 0.281. The number of anilines is 1. The van der Waals surface area contributed by atoms with E-state index in [0.29, 0.717) is 11.5 Å². The van der Waals surface area contributed by atoms with Crippen molar-refractivity contribution in [1.29, 1.82) is 0 Å². The number of nitrogens with zero attached hydrogens (tertiary/aromatic N) is 2. The van der Waals surface area contributed by atoms with Gasteiger partial charge in [-0.1, -0.05) is 13.8 Å². The molecular weight excluding hydrogens is 289 g/mol. The first-order valence-electron chi connectivity index (χ1n) is 5.41. The van der Waals surface area contributed by atoms with E-state index in [1.165, 1.54) is 19.3 Å². The van der Waals surface area contributed by atoms with Crippen LogP contribution in [0.4, 0.5) is 5.82 Å². The van der Waals surface area contributed by atoms with Crippen molar-refractivity contribution < 1.29 is 0 Å². The smallest absolute Gasteiger partial charge is 0.224 e. The summed E-state index contributed by atoms with van der Waals surface area (Å²) in [5.41, 5.74) is 0.432. The molecule has 1 N–H and O–H groups in total. The van der Waals surface area contributed by atoms with Crippen molar-refractivity contribution >= 4 is 33.3 Å². The van der Waals surface area contributed by atoms with Crippen molar-refractivity contribution in [3.63, 3.8) is 0 Å². The molecule has 0 bridgehead atoms. The molecule has 0 aromatic carbocycles. The van der Waals surface area contributed by atoms with Crippen LogP contribution in [0.3, 0.4) is 0 Å². The van der Waals surface area contributed by atoms with Crippen LogP contribution in [-0.2, 0) is 0 Å². The predicted molar refractivity (Wildman–Crippen MR) is 69.8 cm³/mol. The van der Waals surface area contributed by atoms with Gasteiger partial charge >= 0.3 is 0 Å². The normalized spacial score (nSPS) is 23.4. The Morgan fingerprint density at radius 1 is 1.56 bits per heavy atom. The second-order valence-corrected chi connectivity index (χ2v) is 6.28. The second-order valence-electron chi connectivity index (χ2n) is 5.08. The molecule has 1 aliphatic carbocycles. The fourth-order valence-electron chi connectivity index (χ4n) is 2.20. The minimum absolute atomic E-state index is 0.281. The molecule has 5 heteroatoms. The highest BCUT2D eigenvalue weighted by molar-refractivity contribution is 9.10. The largest absolute Gasteiger partial charge is 0.366 e. The molecule has 1 fully saturated rings. The quantitative estimate of drug-likeness (QED) is 0.843. The Morgan fingerprint density at radius 3 is 2.94 bits per heavy atom. The first-order valence-corrected chi connectivity index (χ1v) is 6.58. The van der Waals surface area contributed by atoms with Crippen LogP contribution in [0.25, 0.3) is 0 Å². The Bertz CT molecular complexity index is 395. The van der Waals surface area contributed by atoms with Gasteiger partial charge in [0.05, 0.1) is 4.47 Å². The third kappa shape index (κ3) is 2.86. The summed E-state index contributed by atoms with van der Waals surface area (Å²) >= 11 is 9.20. The molecule has 0 amide bonds. The summed E-state index contributed by atoms with van der Waals surface area (Å²) < 4.78 is 0.863. The summed E-state index contributed by atoms with van der Waals surface area (Å²) in [4.78, 5) is 8.09. The Morgan fingerprint density at radius 2 is 2.31 bits per heavy atom. The van der Waals surface area contributed by atoms with Gasteiger partial charge in [-0.2, -0.15) is 4.98 Å². The molecule has 0 radical (unpaired) electrons. The average Bonchev–Trinajstić information content (AvgIpc) is 2.52. The molecule has 2 rings (SSSR count). The zero-order chi connectivity index (χ0) is 11.8. The van der Waals surface area contributed by atoms with Gasteiger partial charge in [-0.25, -0.2) is 4.98 Å². The van der Waals surface area contributed by atoms with Crippen molar-refractivity contribution in [3.05, 3.63) is 16.0 Å². The van der Waals surface area contributed by atoms with Gasteiger partial charge in [0, 0.05) is 12.2 Å². The lowest BCUT2D eigenvalue weighted by Gasteiger charge is -2.18. The van der Waals surface area contributed by atoms with E-state index >= 15 is 0 Å². The maximum absolute atomic E-state index is 5.78. The molecule has 1 heterocycles. The maximum atomic E-state index is 5.78. The van der Waals surface area contributed by atoms with Crippen LogP contribution < -0.4 is 5.32 Å². The van der Waals surface area contributed by atoms with Crippen molar-refractivity contribution in [1.82, 2.24) is 9.97 Å². The zero-order valence-corrected chi connectivity index (χ0v) is 11.8. The van der Waals surface area contributed by atoms with Gasteiger partial charge in [-0.15, -0.1) is 0 Å². The van der Waals surface area contributed by atoms with Gasteiger partial charge in [0.1, 0.15) is 5.82 Å². The molecule has 1 unspecified atom stereocenters. The number of aromatic nitrogens is 2. The standard InChI is InChI=1S/C11H15BrClN3/c1-11(2)4-3-7(5-11)15-9-8(12)6-14-10(13)16-9/h6-7H,3-5H2,1-2H3,(H,14,15,16). The lowest BCUT2D eigenvalue weighted by Crippen LogP contribution is -2.18. The second kappa shape index (κ2) is 4.49. The predicted octanol–water partition coefficient (Wildman–Crippen LogP) is 3.88. The number of hydrogen-bond donors (Lipinski definition) is 1. The number of halogens is 2. The Balaban J connectivity index is 2.07. The number of nitrogens with one attached hydrogen (secondary N) is 1. The van der Waals surface area contributed by atoms with Crippen LogP contribution in [0.1, 0.15) is 33.1 Å². The summed E-state index contributed by atoms with van der Waals surface area (Å²) in [6.07, 6.45) is 5.28. The Kier molecular flexibility index (Phi) is 3.40.